The Morgan fingerprint density at radius 3 is 2.44 bits per heavy atom. The highest BCUT2D eigenvalue weighted by Gasteiger charge is 2.13. The van der Waals surface area contributed by atoms with Crippen LogP contribution in [0.2, 0.25) is 0 Å². The molecule has 0 aliphatic carbocycles. The molecule has 0 aromatic carbocycles. The Morgan fingerprint density at radius 1 is 1.33 bits per heavy atom. The fourth-order valence-electron chi connectivity index (χ4n) is 2.24. The molecular formula is C15H27N3. The van der Waals surface area contributed by atoms with Crippen LogP contribution < -0.4 is 10.6 Å². The third-order valence-electron chi connectivity index (χ3n) is 3.37. The van der Waals surface area contributed by atoms with E-state index in [2.05, 4.69) is 50.6 Å². The number of nitrogens with two attached hydrogens (primary N) is 1. The third kappa shape index (κ3) is 3.70. The zero-order valence-corrected chi connectivity index (χ0v) is 12.4. The summed E-state index contributed by atoms with van der Waals surface area (Å²) in [6.07, 6.45) is 3.90. The van der Waals surface area contributed by atoms with Crippen molar-refractivity contribution in [3.8, 4) is 0 Å². The van der Waals surface area contributed by atoms with Crippen LogP contribution in [0.1, 0.15) is 45.2 Å². The second-order valence-electron chi connectivity index (χ2n) is 5.24. The van der Waals surface area contributed by atoms with Gasteiger partial charge in [-0.15, -0.1) is 0 Å². The zero-order valence-electron chi connectivity index (χ0n) is 12.4. The summed E-state index contributed by atoms with van der Waals surface area (Å²) < 4.78 is 0. The molecule has 0 amide bonds. The molecule has 1 rings (SSSR count). The van der Waals surface area contributed by atoms with Gasteiger partial charge in [-0.05, 0) is 51.7 Å². The van der Waals surface area contributed by atoms with Crippen LogP contribution in [0.3, 0.4) is 0 Å². The van der Waals surface area contributed by atoms with Crippen molar-refractivity contribution >= 4 is 5.82 Å². The largest absolute Gasteiger partial charge is 0.354 e. The maximum Gasteiger partial charge on any atom is 0.131 e. The Labute approximate surface area is 111 Å². The van der Waals surface area contributed by atoms with Crippen LogP contribution >= 0.6 is 0 Å². The van der Waals surface area contributed by atoms with E-state index in [9.17, 15) is 0 Å². The van der Waals surface area contributed by atoms with Crippen molar-refractivity contribution in [2.45, 2.75) is 59.5 Å². The molecule has 0 fully saturated rings. The lowest BCUT2D eigenvalue weighted by Gasteiger charge is -2.28. The highest BCUT2D eigenvalue weighted by atomic mass is 15.2. The van der Waals surface area contributed by atoms with E-state index in [1.807, 2.05) is 6.20 Å². The smallest absolute Gasteiger partial charge is 0.131 e. The second kappa shape index (κ2) is 6.74. The molecule has 102 valence electrons. The maximum atomic E-state index is 5.99. The molecule has 0 spiro atoms. The van der Waals surface area contributed by atoms with Crippen molar-refractivity contribution in [2.24, 2.45) is 5.73 Å². The van der Waals surface area contributed by atoms with Crippen LogP contribution in [0.4, 0.5) is 5.82 Å². The van der Waals surface area contributed by atoms with Crippen molar-refractivity contribution < 1.29 is 0 Å². The minimum atomic E-state index is 0.240. The SMILES string of the molecule is CCC(N)Cc1cnc(N(CC)C(C)C)c(C)c1. The van der Waals surface area contributed by atoms with Gasteiger partial charge >= 0.3 is 0 Å². The predicted octanol–water partition coefficient (Wildman–Crippen LogP) is 2.90. The van der Waals surface area contributed by atoms with Gasteiger partial charge in [0.15, 0.2) is 0 Å². The molecule has 2 N–H and O–H groups in total. The molecule has 1 aromatic rings. The quantitative estimate of drug-likeness (QED) is 0.843. The first kappa shape index (κ1) is 15.0. The number of rotatable bonds is 6. The average Bonchev–Trinajstić information content (AvgIpc) is 2.32. The molecule has 1 aromatic heterocycles. The van der Waals surface area contributed by atoms with Crippen molar-refractivity contribution in [3.63, 3.8) is 0 Å². The first-order valence-corrected chi connectivity index (χ1v) is 6.97. The van der Waals surface area contributed by atoms with Crippen LogP contribution in [0, 0.1) is 6.92 Å². The number of nitrogens with zero attached hydrogens (tertiary/aromatic N) is 2. The molecule has 0 bridgehead atoms. The highest BCUT2D eigenvalue weighted by Crippen LogP contribution is 2.20. The van der Waals surface area contributed by atoms with Gasteiger partial charge in [-0.25, -0.2) is 4.98 Å². The van der Waals surface area contributed by atoms with Gasteiger partial charge in [-0.3, -0.25) is 0 Å². The molecule has 1 heterocycles. The van der Waals surface area contributed by atoms with Gasteiger partial charge in [0.05, 0.1) is 0 Å². The van der Waals surface area contributed by atoms with E-state index >= 15 is 0 Å². The minimum Gasteiger partial charge on any atom is -0.354 e. The standard InChI is InChI=1S/C15H27N3/c1-6-14(16)9-13-8-12(5)15(17-10-13)18(7-2)11(3)4/h8,10-11,14H,6-7,9,16H2,1-5H3. The third-order valence-corrected chi connectivity index (χ3v) is 3.37. The van der Waals surface area contributed by atoms with Crippen molar-refractivity contribution in [1.29, 1.82) is 0 Å². The molecule has 1 atom stereocenters. The van der Waals surface area contributed by atoms with Crippen molar-refractivity contribution in [1.82, 2.24) is 4.98 Å². The Bertz CT molecular complexity index is 374. The van der Waals surface area contributed by atoms with E-state index in [1.165, 1.54) is 11.1 Å². The fraction of sp³-hybridized carbons (Fsp3) is 0.667. The first-order valence-electron chi connectivity index (χ1n) is 6.97. The van der Waals surface area contributed by atoms with Crippen LogP contribution in [0.15, 0.2) is 12.3 Å². The number of aryl methyl sites for hydroxylation is 1. The van der Waals surface area contributed by atoms with Gasteiger partial charge in [0.1, 0.15) is 5.82 Å². The van der Waals surface area contributed by atoms with Crippen molar-refractivity contribution in [3.05, 3.63) is 23.4 Å². The van der Waals surface area contributed by atoms with Gasteiger partial charge in [-0.1, -0.05) is 13.0 Å². The average molecular weight is 249 g/mol. The summed E-state index contributed by atoms with van der Waals surface area (Å²) in [5, 5.41) is 0. The Morgan fingerprint density at radius 2 is 2.00 bits per heavy atom. The number of hydrogen-bond donors (Lipinski definition) is 1. The highest BCUT2D eigenvalue weighted by molar-refractivity contribution is 5.48. The molecule has 3 nitrogen and oxygen atoms in total. The number of pyridine rings is 1. The van der Waals surface area contributed by atoms with Gasteiger partial charge < -0.3 is 10.6 Å². The predicted molar refractivity (Wildman–Crippen MR) is 79.1 cm³/mol. The molecule has 3 heteroatoms. The summed E-state index contributed by atoms with van der Waals surface area (Å²) in [7, 11) is 0. The molecule has 0 saturated heterocycles. The van der Waals surface area contributed by atoms with Gasteiger partial charge in [-0.2, -0.15) is 0 Å². The molecular weight excluding hydrogens is 222 g/mol. The van der Waals surface area contributed by atoms with Crippen LogP contribution in [0.5, 0.6) is 0 Å². The van der Waals surface area contributed by atoms with Gasteiger partial charge in [0.25, 0.3) is 0 Å². The molecule has 0 saturated carbocycles. The molecule has 0 radical (unpaired) electrons. The van der Waals surface area contributed by atoms with E-state index in [4.69, 9.17) is 5.73 Å². The molecule has 0 aliphatic heterocycles. The maximum absolute atomic E-state index is 5.99. The van der Waals surface area contributed by atoms with E-state index in [0.29, 0.717) is 6.04 Å². The first-order chi connectivity index (χ1) is 8.49. The van der Waals surface area contributed by atoms with E-state index in [-0.39, 0.29) is 6.04 Å². The Kier molecular flexibility index (Phi) is 5.60. The Hall–Kier alpha value is -1.09. The normalized spacial score (nSPS) is 12.8. The zero-order chi connectivity index (χ0) is 13.7. The molecule has 1 unspecified atom stereocenters. The van der Waals surface area contributed by atoms with E-state index < -0.39 is 0 Å². The second-order valence-corrected chi connectivity index (χ2v) is 5.24. The van der Waals surface area contributed by atoms with Gasteiger partial charge in [0.2, 0.25) is 0 Å². The number of hydrogen-bond acceptors (Lipinski definition) is 3. The summed E-state index contributed by atoms with van der Waals surface area (Å²) in [4.78, 5) is 6.95. The summed E-state index contributed by atoms with van der Waals surface area (Å²) in [6.45, 7) is 11.8. The Balaban J connectivity index is 2.91. The van der Waals surface area contributed by atoms with Crippen LogP contribution in [-0.2, 0) is 6.42 Å². The fourth-order valence-corrected chi connectivity index (χ4v) is 2.24. The number of aromatic nitrogens is 1. The van der Waals surface area contributed by atoms with Crippen LogP contribution in [0.25, 0.3) is 0 Å². The van der Waals surface area contributed by atoms with E-state index in [0.717, 1.165) is 25.2 Å². The summed E-state index contributed by atoms with van der Waals surface area (Å²) >= 11 is 0. The molecule has 0 aliphatic rings. The lowest BCUT2D eigenvalue weighted by atomic mass is 10.0. The van der Waals surface area contributed by atoms with Crippen LogP contribution in [-0.4, -0.2) is 23.6 Å². The van der Waals surface area contributed by atoms with Crippen molar-refractivity contribution in [2.75, 3.05) is 11.4 Å². The lowest BCUT2D eigenvalue weighted by molar-refractivity contribution is 0.643. The number of anilines is 1. The lowest BCUT2D eigenvalue weighted by Crippen LogP contribution is -2.32. The van der Waals surface area contributed by atoms with E-state index in [1.54, 1.807) is 0 Å². The summed E-state index contributed by atoms with van der Waals surface area (Å²) in [6, 6.07) is 2.94. The van der Waals surface area contributed by atoms with Gasteiger partial charge in [0, 0.05) is 24.8 Å². The summed E-state index contributed by atoms with van der Waals surface area (Å²) in [5.41, 5.74) is 8.47. The topological polar surface area (TPSA) is 42.1 Å². The summed E-state index contributed by atoms with van der Waals surface area (Å²) in [5.74, 6) is 1.10. The molecule has 18 heavy (non-hydrogen) atoms. The monoisotopic (exact) mass is 249 g/mol. The minimum absolute atomic E-state index is 0.240.